The molecule has 0 spiro atoms. The number of nitrogens with zero attached hydrogens (tertiary/aromatic N) is 8. The SMILES string of the molecule is CCN(CCOP(OCCC#N)N(C(C)C)C(C)C)c1ccc(N=Nc2cc(C)c(N=Nc3ccc(C)cc3[N+](=O)[O-])cc2OC)cc1. The minimum absolute atomic E-state index is 0.109. The Morgan fingerprint density at radius 1 is 0.896 bits per heavy atom. The molecule has 3 aromatic rings. The highest BCUT2D eigenvalue weighted by Crippen LogP contribution is 2.46. The molecule has 0 fully saturated rings. The van der Waals surface area contributed by atoms with Crippen molar-refractivity contribution in [1.29, 1.82) is 5.26 Å². The maximum atomic E-state index is 11.5. The van der Waals surface area contributed by atoms with Gasteiger partial charge in [0.1, 0.15) is 11.4 Å². The minimum Gasteiger partial charge on any atom is -0.494 e. The van der Waals surface area contributed by atoms with Crippen molar-refractivity contribution in [2.75, 3.05) is 38.3 Å². The second-order valence-corrected chi connectivity index (χ2v) is 12.9. The van der Waals surface area contributed by atoms with Crippen molar-refractivity contribution < 1.29 is 18.7 Å². The van der Waals surface area contributed by atoms with E-state index in [9.17, 15) is 10.1 Å². The van der Waals surface area contributed by atoms with Crippen LogP contribution in [-0.2, 0) is 9.05 Å². The lowest BCUT2D eigenvalue weighted by Crippen LogP contribution is -2.34. The monoisotopic (exact) mass is 676 g/mol. The van der Waals surface area contributed by atoms with Gasteiger partial charge in [-0.05, 0) is 96.0 Å². The van der Waals surface area contributed by atoms with E-state index in [1.54, 1.807) is 31.2 Å². The van der Waals surface area contributed by atoms with E-state index in [-0.39, 0.29) is 23.5 Å². The highest BCUT2D eigenvalue weighted by Gasteiger charge is 2.27. The molecule has 3 rings (SSSR count). The molecule has 0 aromatic heterocycles. The van der Waals surface area contributed by atoms with Crippen molar-refractivity contribution in [2.24, 2.45) is 20.5 Å². The van der Waals surface area contributed by atoms with Crippen LogP contribution < -0.4 is 9.64 Å². The zero-order valence-electron chi connectivity index (χ0n) is 29.0. The first-order valence-corrected chi connectivity index (χ1v) is 16.9. The van der Waals surface area contributed by atoms with Gasteiger partial charge < -0.3 is 18.7 Å². The molecule has 14 heteroatoms. The highest BCUT2D eigenvalue weighted by molar-refractivity contribution is 7.44. The molecular formula is C34H45N8O5P. The molecule has 0 N–H and O–H groups in total. The van der Waals surface area contributed by atoms with Crippen LogP contribution in [0.1, 0.15) is 52.2 Å². The predicted octanol–water partition coefficient (Wildman–Crippen LogP) is 10.2. The van der Waals surface area contributed by atoms with E-state index in [1.165, 1.54) is 13.2 Å². The number of hydrogen-bond donors (Lipinski definition) is 0. The van der Waals surface area contributed by atoms with Gasteiger partial charge in [-0.25, -0.2) is 4.67 Å². The second-order valence-electron chi connectivity index (χ2n) is 11.4. The standard InChI is InChI=1S/C34H45N8O5P/c1-9-40(18-20-47-48(46-19-10-17-35)41(24(2)3)25(4)5)29-14-12-28(13-15-29)36-39-32-22-27(7)31(23-34(32)45-8)38-37-30-16-11-26(6)21-33(30)42(43)44/h11-16,21-25H,9-10,18-20H2,1-8H3. The summed E-state index contributed by atoms with van der Waals surface area (Å²) < 4.78 is 20.0. The minimum atomic E-state index is -1.30. The Balaban J connectivity index is 1.69. The first kappa shape index (κ1) is 38.1. The second kappa shape index (κ2) is 18.9. The van der Waals surface area contributed by atoms with Crippen LogP contribution in [-0.4, -0.2) is 55.1 Å². The first-order valence-electron chi connectivity index (χ1n) is 15.8. The molecule has 0 bridgehead atoms. The summed E-state index contributed by atoms with van der Waals surface area (Å²) in [6, 6.07) is 18.7. The Morgan fingerprint density at radius 3 is 2.15 bits per heavy atom. The van der Waals surface area contributed by atoms with Crippen LogP contribution in [0.25, 0.3) is 0 Å². The molecule has 0 aliphatic carbocycles. The van der Waals surface area contributed by atoms with Crippen LogP contribution in [0.5, 0.6) is 5.75 Å². The lowest BCUT2D eigenvalue weighted by molar-refractivity contribution is -0.384. The topological polar surface area (TPSA) is 151 Å². The van der Waals surface area contributed by atoms with Gasteiger partial charge in [-0.3, -0.25) is 10.1 Å². The van der Waals surface area contributed by atoms with Gasteiger partial charge in [0.2, 0.25) is 0 Å². The number of rotatable bonds is 18. The van der Waals surface area contributed by atoms with Crippen molar-refractivity contribution >= 4 is 42.7 Å². The fourth-order valence-electron chi connectivity index (χ4n) is 4.84. The number of aryl methyl sites for hydroxylation is 2. The van der Waals surface area contributed by atoms with Crippen molar-refractivity contribution in [3.8, 4) is 11.8 Å². The van der Waals surface area contributed by atoms with E-state index < -0.39 is 13.4 Å². The number of benzene rings is 3. The van der Waals surface area contributed by atoms with Crippen molar-refractivity contribution in [2.45, 2.75) is 67.0 Å². The van der Waals surface area contributed by atoms with Gasteiger partial charge in [0.05, 0.1) is 49.1 Å². The summed E-state index contributed by atoms with van der Waals surface area (Å²) in [7, 11) is 0.230. The lowest BCUT2D eigenvalue weighted by atomic mass is 10.1. The first-order chi connectivity index (χ1) is 23.0. The molecule has 0 aliphatic rings. The molecule has 256 valence electrons. The van der Waals surface area contributed by atoms with Gasteiger partial charge >= 0.3 is 0 Å². The highest BCUT2D eigenvalue weighted by atomic mass is 31.2. The molecule has 0 amide bonds. The Labute approximate surface area is 284 Å². The molecule has 0 radical (unpaired) electrons. The van der Waals surface area contributed by atoms with E-state index >= 15 is 0 Å². The maximum absolute atomic E-state index is 11.5. The number of nitro benzene ring substituents is 1. The van der Waals surface area contributed by atoms with E-state index in [0.29, 0.717) is 49.0 Å². The van der Waals surface area contributed by atoms with Crippen molar-refractivity contribution in [3.63, 3.8) is 0 Å². The molecule has 0 aliphatic heterocycles. The number of nitriles is 1. The van der Waals surface area contributed by atoms with E-state index in [2.05, 4.69) is 70.7 Å². The number of likely N-dealkylation sites (N-methyl/N-ethyl adjacent to an activating group) is 1. The fourth-order valence-corrected chi connectivity index (χ4v) is 6.42. The zero-order chi connectivity index (χ0) is 35.2. The Morgan fingerprint density at radius 2 is 1.54 bits per heavy atom. The van der Waals surface area contributed by atoms with Crippen LogP contribution in [0.15, 0.2) is 75.1 Å². The molecule has 48 heavy (non-hydrogen) atoms. The Bertz CT molecular complexity index is 1600. The normalized spacial score (nSPS) is 12.4. The maximum Gasteiger partial charge on any atom is 0.296 e. The molecule has 0 saturated heterocycles. The molecule has 0 saturated carbocycles. The van der Waals surface area contributed by atoms with E-state index in [0.717, 1.165) is 23.4 Å². The van der Waals surface area contributed by atoms with E-state index in [4.69, 9.17) is 19.0 Å². The largest absolute Gasteiger partial charge is 0.494 e. The van der Waals surface area contributed by atoms with Gasteiger partial charge in [-0.1, -0.05) is 6.07 Å². The third kappa shape index (κ3) is 10.9. The molecule has 1 unspecified atom stereocenters. The van der Waals surface area contributed by atoms with Crippen LogP contribution in [0, 0.1) is 35.3 Å². The van der Waals surface area contributed by atoms with Crippen LogP contribution in [0.2, 0.25) is 0 Å². The van der Waals surface area contributed by atoms with E-state index in [1.807, 2.05) is 31.2 Å². The summed E-state index contributed by atoms with van der Waals surface area (Å²) in [5.74, 6) is 0.440. The van der Waals surface area contributed by atoms with Crippen molar-refractivity contribution in [1.82, 2.24) is 4.67 Å². The summed E-state index contributed by atoms with van der Waals surface area (Å²) in [5, 5.41) is 37.6. The van der Waals surface area contributed by atoms with Gasteiger partial charge in [0, 0.05) is 43.0 Å². The quantitative estimate of drug-likeness (QED) is 0.0424. The number of azo groups is 2. The molecule has 0 heterocycles. The zero-order valence-corrected chi connectivity index (χ0v) is 29.8. The third-order valence-electron chi connectivity index (χ3n) is 7.19. The van der Waals surface area contributed by atoms with Gasteiger partial charge in [0.15, 0.2) is 5.69 Å². The summed E-state index contributed by atoms with van der Waals surface area (Å²) >= 11 is 0. The predicted molar refractivity (Wildman–Crippen MR) is 189 cm³/mol. The van der Waals surface area contributed by atoms with Crippen LogP contribution in [0.3, 0.4) is 0 Å². The van der Waals surface area contributed by atoms with Gasteiger partial charge in [-0.2, -0.15) is 10.4 Å². The fraction of sp³-hybridized carbons (Fsp3) is 0.441. The molecular weight excluding hydrogens is 631 g/mol. The average Bonchev–Trinajstić information content (AvgIpc) is 3.05. The molecule has 1 atom stereocenters. The number of nitro groups is 1. The van der Waals surface area contributed by atoms with Gasteiger partial charge in [0.25, 0.3) is 14.2 Å². The number of anilines is 1. The number of ether oxygens (including phenoxy) is 1. The molecule has 3 aromatic carbocycles. The molecule has 13 nitrogen and oxygen atoms in total. The Kier molecular flexibility index (Phi) is 15.0. The van der Waals surface area contributed by atoms with Crippen molar-refractivity contribution in [3.05, 3.63) is 75.8 Å². The van der Waals surface area contributed by atoms with Gasteiger partial charge in [-0.15, -0.1) is 15.3 Å². The summed E-state index contributed by atoms with van der Waals surface area (Å²) in [4.78, 5) is 13.2. The lowest BCUT2D eigenvalue weighted by Gasteiger charge is -2.36. The smallest absolute Gasteiger partial charge is 0.296 e. The third-order valence-corrected chi connectivity index (χ3v) is 9.29. The number of methoxy groups -OCH3 is 1. The number of hydrogen-bond acceptors (Lipinski definition) is 12. The summed E-state index contributed by atoms with van der Waals surface area (Å²) in [5.41, 5.74) is 4.27. The summed E-state index contributed by atoms with van der Waals surface area (Å²) in [6.45, 7) is 16.5. The Hall–Kier alpha value is -4.34. The van der Waals surface area contributed by atoms with Crippen LogP contribution >= 0.6 is 8.53 Å². The average molecular weight is 677 g/mol. The van der Waals surface area contributed by atoms with Crippen LogP contribution in [0.4, 0.5) is 34.1 Å². The summed E-state index contributed by atoms with van der Waals surface area (Å²) in [6.07, 6.45) is 0.323.